The Balaban J connectivity index is 2.27. The van der Waals surface area contributed by atoms with Crippen LogP contribution in [0.25, 0.3) is 6.08 Å². The van der Waals surface area contributed by atoms with Crippen molar-refractivity contribution in [1.82, 2.24) is 0 Å². The third-order valence-corrected chi connectivity index (χ3v) is 5.69. The number of hydrogen-bond acceptors (Lipinski definition) is 4. The molecule has 0 saturated heterocycles. The molecule has 0 saturated carbocycles. The lowest BCUT2D eigenvalue weighted by molar-refractivity contribution is -0.134. The fourth-order valence-corrected chi connectivity index (χ4v) is 3.31. The standard InChI is InChI=1S/C36H48O4/c1-6-7-8-9-10-11-12-13-14-15-16-17-18-19-20-21-22-23-24-25-35(38)40-32-28-26-31(30-33(32)39-5)27-29-34(37)36(2,3)4/h7-8,10-11,13-14,16-17,19-20,22-23,26-30H,6,9,12,15,18,21,24-25H2,1-5H3. The molecule has 0 bridgehead atoms. The van der Waals surface area contributed by atoms with E-state index in [4.69, 9.17) is 9.47 Å². The van der Waals surface area contributed by atoms with Crippen LogP contribution in [0.5, 0.6) is 11.5 Å². The second-order valence-electron chi connectivity index (χ2n) is 10.3. The van der Waals surface area contributed by atoms with Crippen molar-refractivity contribution in [3.8, 4) is 11.5 Å². The van der Waals surface area contributed by atoms with Crippen molar-refractivity contribution in [2.24, 2.45) is 5.41 Å². The Labute approximate surface area is 242 Å². The summed E-state index contributed by atoms with van der Waals surface area (Å²) in [6.07, 6.45) is 35.9. The average molecular weight is 545 g/mol. The first-order valence-electron chi connectivity index (χ1n) is 14.3. The molecule has 216 valence electrons. The van der Waals surface area contributed by atoms with Gasteiger partial charge >= 0.3 is 5.97 Å². The molecule has 0 amide bonds. The van der Waals surface area contributed by atoms with E-state index in [1.807, 2.05) is 26.8 Å². The first-order chi connectivity index (χ1) is 19.3. The molecule has 0 fully saturated rings. The number of hydrogen-bond donors (Lipinski definition) is 0. The Bertz CT molecular complexity index is 1090. The van der Waals surface area contributed by atoms with Gasteiger partial charge in [0, 0.05) is 11.8 Å². The average Bonchev–Trinajstić information content (AvgIpc) is 2.93. The largest absolute Gasteiger partial charge is 0.493 e. The summed E-state index contributed by atoms with van der Waals surface area (Å²) in [6.45, 7) is 7.78. The van der Waals surface area contributed by atoms with Gasteiger partial charge in [-0.2, -0.15) is 0 Å². The molecule has 0 aliphatic rings. The van der Waals surface area contributed by atoms with Crippen LogP contribution in [0.15, 0.2) is 97.2 Å². The van der Waals surface area contributed by atoms with Crippen LogP contribution < -0.4 is 9.47 Å². The van der Waals surface area contributed by atoms with Crippen molar-refractivity contribution < 1.29 is 19.1 Å². The van der Waals surface area contributed by atoms with Crippen molar-refractivity contribution in [3.63, 3.8) is 0 Å². The molecule has 0 radical (unpaired) electrons. The first-order valence-corrected chi connectivity index (χ1v) is 14.3. The van der Waals surface area contributed by atoms with Gasteiger partial charge in [0.25, 0.3) is 0 Å². The Morgan fingerprint density at radius 1 is 0.725 bits per heavy atom. The lowest BCUT2D eigenvalue weighted by Gasteiger charge is -2.13. The summed E-state index contributed by atoms with van der Waals surface area (Å²) in [6, 6.07) is 5.23. The van der Waals surface area contributed by atoms with E-state index in [2.05, 4.69) is 73.8 Å². The second kappa shape index (κ2) is 21.2. The molecule has 0 aliphatic carbocycles. The number of carbonyl (C=O) groups excluding carboxylic acids is 2. The number of carbonyl (C=O) groups is 2. The predicted octanol–water partition coefficient (Wildman–Crippen LogP) is 9.71. The highest BCUT2D eigenvalue weighted by molar-refractivity contribution is 5.97. The van der Waals surface area contributed by atoms with Crippen molar-refractivity contribution in [1.29, 1.82) is 0 Å². The van der Waals surface area contributed by atoms with Crippen LogP contribution in [-0.4, -0.2) is 18.9 Å². The number of methoxy groups -OCH3 is 1. The third kappa shape index (κ3) is 17.0. The minimum absolute atomic E-state index is 0.0383. The predicted molar refractivity (Wildman–Crippen MR) is 170 cm³/mol. The van der Waals surface area contributed by atoms with E-state index in [1.54, 1.807) is 30.4 Å². The maximum absolute atomic E-state index is 12.3. The zero-order chi connectivity index (χ0) is 29.5. The highest BCUT2D eigenvalue weighted by atomic mass is 16.6. The second-order valence-corrected chi connectivity index (χ2v) is 10.3. The molecule has 0 aromatic heterocycles. The topological polar surface area (TPSA) is 52.6 Å². The molecule has 1 aromatic carbocycles. The minimum Gasteiger partial charge on any atom is -0.493 e. The highest BCUT2D eigenvalue weighted by Gasteiger charge is 2.18. The quantitative estimate of drug-likeness (QED) is 0.0799. The maximum atomic E-state index is 12.3. The van der Waals surface area contributed by atoms with Crippen molar-refractivity contribution in [2.75, 3.05) is 7.11 Å². The number of benzene rings is 1. The summed E-state index contributed by atoms with van der Waals surface area (Å²) in [5, 5.41) is 0. The summed E-state index contributed by atoms with van der Waals surface area (Å²) in [4.78, 5) is 24.4. The van der Waals surface area contributed by atoms with Crippen LogP contribution in [-0.2, 0) is 9.59 Å². The molecular formula is C36H48O4. The molecule has 0 atom stereocenters. The molecule has 0 spiro atoms. The highest BCUT2D eigenvalue weighted by Crippen LogP contribution is 2.29. The number of ketones is 1. The fraction of sp³-hybridized carbons (Fsp3) is 0.389. The summed E-state index contributed by atoms with van der Waals surface area (Å²) in [7, 11) is 1.53. The molecule has 0 unspecified atom stereocenters. The summed E-state index contributed by atoms with van der Waals surface area (Å²) < 4.78 is 10.9. The first kappa shape index (κ1) is 34.4. The zero-order valence-corrected chi connectivity index (χ0v) is 25.1. The SMILES string of the molecule is CCC=CCC=CCC=CCC=CCC=CCC=CCCC(=O)Oc1ccc(C=CC(=O)C(C)(C)C)cc1OC. The molecule has 1 rings (SSSR count). The van der Waals surface area contributed by atoms with Crippen molar-refractivity contribution in [2.45, 2.75) is 79.1 Å². The van der Waals surface area contributed by atoms with Gasteiger partial charge in [0.1, 0.15) is 0 Å². The smallest absolute Gasteiger partial charge is 0.311 e. The van der Waals surface area contributed by atoms with E-state index in [9.17, 15) is 9.59 Å². The minimum atomic E-state index is -0.431. The number of allylic oxidation sites excluding steroid dienone is 13. The summed E-state index contributed by atoms with van der Waals surface area (Å²) >= 11 is 0. The molecule has 4 nitrogen and oxygen atoms in total. The Kier molecular flexibility index (Phi) is 18.2. The van der Waals surface area contributed by atoms with Crippen molar-refractivity contribution >= 4 is 17.8 Å². The van der Waals surface area contributed by atoms with E-state index in [0.717, 1.165) is 44.1 Å². The van der Waals surface area contributed by atoms with Crippen LogP contribution in [0.2, 0.25) is 0 Å². The van der Waals surface area contributed by atoms with Crippen molar-refractivity contribution in [3.05, 3.63) is 103 Å². The molecule has 0 heterocycles. The Hall–Kier alpha value is -3.66. The van der Waals surface area contributed by atoms with Gasteiger partial charge < -0.3 is 9.47 Å². The van der Waals surface area contributed by atoms with Gasteiger partial charge in [-0.05, 0) is 68.7 Å². The zero-order valence-electron chi connectivity index (χ0n) is 25.1. The van der Waals surface area contributed by atoms with Crippen LogP contribution in [0.3, 0.4) is 0 Å². The van der Waals surface area contributed by atoms with Gasteiger partial charge in [0.2, 0.25) is 0 Å². The van der Waals surface area contributed by atoms with E-state index in [-0.39, 0.29) is 18.2 Å². The lowest BCUT2D eigenvalue weighted by Crippen LogP contribution is -2.17. The maximum Gasteiger partial charge on any atom is 0.311 e. The van der Waals surface area contributed by atoms with Gasteiger partial charge in [-0.25, -0.2) is 0 Å². The summed E-state index contributed by atoms with van der Waals surface area (Å²) in [5.74, 6) is 0.544. The van der Waals surface area contributed by atoms with Crippen LogP contribution in [0.1, 0.15) is 84.6 Å². The molecule has 4 heteroatoms. The molecule has 0 aliphatic heterocycles. The van der Waals surface area contributed by atoms with E-state index in [1.165, 1.54) is 7.11 Å². The van der Waals surface area contributed by atoms with Gasteiger partial charge in [-0.1, -0.05) is 113 Å². The number of ether oxygens (including phenoxy) is 2. The molecular weight excluding hydrogens is 496 g/mol. The molecule has 40 heavy (non-hydrogen) atoms. The number of esters is 1. The Morgan fingerprint density at radius 2 is 1.23 bits per heavy atom. The van der Waals surface area contributed by atoms with Gasteiger partial charge in [0.05, 0.1) is 7.11 Å². The van der Waals surface area contributed by atoms with Gasteiger partial charge in [0.15, 0.2) is 17.3 Å². The van der Waals surface area contributed by atoms with Crippen LogP contribution in [0.4, 0.5) is 0 Å². The van der Waals surface area contributed by atoms with Gasteiger partial charge in [-0.15, -0.1) is 0 Å². The van der Waals surface area contributed by atoms with Crippen LogP contribution >= 0.6 is 0 Å². The van der Waals surface area contributed by atoms with E-state index < -0.39 is 5.41 Å². The Morgan fingerprint density at radius 3 is 1.70 bits per heavy atom. The fourth-order valence-electron chi connectivity index (χ4n) is 3.31. The van der Waals surface area contributed by atoms with E-state index in [0.29, 0.717) is 17.9 Å². The third-order valence-electron chi connectivity index (χ3n) is 5.69. The number of rotatable bonds is 18. The van der Waals surface area contributed by atoms with Crippen LogP contribution in [0, 0.1) is 5.41 Å². The normalized spacial score (nSPS) is 12.9. The van der Waals surface area contributed by atoms with Gasteiger partial charge in [-0.3, -0.25) is 9.59 Å². The van der Waals surface area contributed by atoms with E-state index >= 15 is 0 Å². The molecule has 1 aromatic rings. The lowest BCUT2D eigenvalue weighted by atomic mass is 9.90. The molecule has 0 N–H and O–H groups in total. The summed E-state index contributed by atoms with van der Waals surface area (Å²) in [5.41, 5.74) is 0.367. The monoisotopic (exact) mass is 544 g/mol.